The Kier molecular flexibility index (Phi) is 5.36. The molecular weight excluding hydrogens is 284 g/mol. The Labute approximate surface area is 130 Å². The van der Waals surface area contributed by atoms with Crippen LogP contribution in [0.3, 0.4) is 0 Å². The third-order valence-electron chi connectivity index (χ3n) is 3.08. The topological polar surface area (TPSA) is 51.6 Å². The minimum atomic E-state index is 0.380. The highest BCUT2D eigenvalue weighted by Gasteiger charge is 2.05. The van der Waals surface area contributed by atoms with E-state index in [-0.39, 0.29) is 0 Å². The summed E-state index contributed by atoms with van der Waals surface area (Å²) in [5.41, 5.74) is 6.43. The molecule has 1 aromatic carbocycles. The lowest BCUT2D eigenvalue weighted by atomic mass is 10.2. The lowest BCUT2D eigenvalue weighted by molar-refractivity contribution is 0.221. The molecule has 1 heterocycles. The smallest absolute Gasteiger partial charge is 0.120 e. The number of hydrogen-bond donors (Lipinski definition) is 1. The highest BCUT2D eigenvalue weighted by molar-refractivity contribution is 7.80. The number of likely N-dealkylation sites (N-methyl/N-ethyl adjacent to an activating group) is 1. The summed E-state index contributed by atoms with van der Waals surface area (Å²) in [6.07, 6.45) is 0. The molecule has 2 rings (SSSR count). The summed E-state index contributed by atoms with van der Waals surface area (Å²) in [6, 6.07) is 11.5. The molecule has 0 unspecified atom stereocenters. The van der Waals surface area contributed by atoms with Crippen molar-refractivity contribution in [2.75, 3.05) is 20.2 Å². The number of aryl methyl sites for hydroxylation is 1. The van der Waals surface area contributed by atoms with E-state index in [4.69, 9.17) is 27.1 Å². The fraction of sp³-hybridized carbons (Fsp3) is 0.312. The van der Waals surface area contributed by atoms with Gasteiger partial charge in [-0.05, 0) is 38.2 Å². The summed E-state index contributed by atoms with van der Waals surface area (Å²) in [5, 5.41) is 0. The second-order valence-electron chi connectivity index (χ2n) is 4.99. The number of thiocarbonyl (C=S) groups is 1. The molecule has 0 amide bonds. The minimum absolute atomic E-state index is 0.380. The van der Waals surface area contributed by atoms with Crippen LogP contribution in [0.1, 0.15) is 17.1 Å². The van der Waals surface area contributed by atoms with Gasteiger partial charge in [0.25, 0.3) is 0 Å². The van der Waals surface area contributed by atoms with Gasteiger partial charge in [-0.1, -0.05) is 24.4 Å². The summed E-state index contributed by atoms with van der Waals surface area (Å²) >= 11 is 4.95. The molecule has 0 saturated heterocycles. The summed E-state index contributed by atoms with van der Waals surface area (Å²) < 4.78 is 11.3. The van der Waals surface area contributed by atoms with Gasteiger partial charge in [-0.3, -0.25) is 4.90 Å². The molecule has 0 aliphatic heterocycles. The van der Waals surface area contributed by atoms with Crippen molar-refractivity contribution in [1.29, 1.82) is 0 Å². The quantitative estimate of drug-likeness (QED) is 0.797. The van der Waals surface area contributed by atoms with Gasteiger partial charge in [0.1, 0.15) is 28.9 Å². The predicted molar refractivity (Wildman–Crippen MR) is 87.6 cm³/mol. The molecule has 5 heteroatoms. The summed E-state index contributed by atoms with van der Waals surface area (Å²) in [4.78, 5) is 2.53. The molecule has 0 radical (unpaired) electrons. The maximum atomic E-state index is 5.72. The second-order valence-corrected chi connectivity index (χ2v) is 5.43. The zero-order valence-corrected chi connectivity index (χ0v) is 13.2. The van der Waals surface area contributed by atoms with E-state index in [1.54, 1.807) is 0 Å². The van der Waals surface area contributed by atoms with Crippen LogP contribution in [0.5, 0.6) is 5.75 Å². The van der Waals surface area contributed by atoms with E-state index < -0.39 is 0 Å². The lowest BCUT2D eigenvalue weighted by Gasteiger charge is -2.15. The maximum Gasteiger partial charge on any atom is 0.120 e. The first-order chi connectivity index (χ1) is 10.0. The summed E-state index contributed by atoms with van der Waals surface area (Å²) in [5.74, 6) is 2.68. The average molecular weight is 304 g/mol. The normalized spacial score (nSPS) is 10.8. The maximum absolute atomic E-state index is 5.72. The molecule has 0 spiro atoms. The molecule has 0 bridgehead atoms. The molecule has 21 heavy (non-hydrogen) atoms. The highest BCUT2D eigenvalue weighted by atomic mass is 32.1. The Bertz CT molecular complexity index is 610. The number of benzene rings is 1. The van der Waals surface area contributed by atoms with Crippen molar-refractivity contribution < 1.29 is 9.15 Å². The fourth-order valence-electron chi connectivity index (χ4n) is 1.97. The van der Waals surface area contributed by atoms with E-state index in [1.807, 2.05) is 50.4 Å². The number of nitrogens with zero attached hydrogens (tertiary/aromatic N) is 1. The van der Waals surface area contributed by atoms with Crippen molar-refractivity contribution >= 4 is 17.2 Å². The first kappa shape index (κ1) is 15.5. The minimum Gasteiger partial charge on any atom is -0.492 e. The van der Waals surface area contributed by atoms with Crippen LogP contribution < -0.4 is 10.5 Å². The Morgan fingerprint density at radius 2 is 2.14 bits per heavy atom. The van der Waals surface area contributed by atoms with Crippen molar-refractivity contribution in [2.24, 2.45) is 5.73 Å². The van der Waals surface area contributed by atoms with Crippen molar-refractivity contribution in [2.45, 2.75) is 13.5 Å². The van der Waals surface area contributed by atoms with Crippen LogP contribution in [-0.4, -0.2) is 30.1 Å². The zero-order valence-electron chi connectivity index (χ0n) is 12.3. The van der Waals surface area contributed by atoms with Crippen molar-refractivity contribution in [3.05, 3.63) is 53.5 Å². The van der Waals surface area contributed by atoms with E-state index in [1.165, 1.54) is 0 Å². The van der Waals surface area contributed by atoms with Gasteiger partial charge in [-0.25, -0.2) is 0 Å². The van der Waals surface area contributed by atoms with Crippen LogP contribution in [-0.2, 0) is 6.54 Å². The third kappa shape index (κ3) is 4.88. The molecule has 0 atom stereocenters. The SMILES string of the molecule is Cc1ccc(CN(C)CCOc2cccc(C(N)=S)c2)o1. The molecule has 2 N–H and O–H groups in total. The molecule has 4 nitrogen and oxygen atoms in total. The van der Waals surface area contributed by atoms with Crippen molar-refractivity contribution in [3.63, 3.8) is 0 Å². The molecule has 0 aliphatic rings. The fourth-order valence-corrected chi connectivity index (χ4v) is 2.10. The Morgan fingerprint density at radius 3 is 2.81 bits per heavy atom. The van der Waals surface area contributed by atoms with Gasteiger partial charge < -0.3 is 14.9 Å². The first-order valence-corrected chi connectivity index (χ1v) is 7.22. The van der Waals surface area contributed by atoms with E-state index >= 15 is 0 Å². The largest absolute Gasteiger partial charge is 0.492 e. The van der Waals surface area contributed by atoms with Gasteiger partial charge in [-0.15, -0.1) is 0 Å². The van der Waals surface area contributed by atoms with Gasteiger partial charge >= 0.3 is 0 Å². The number of ether oxygens (including phenoxy) is 1. The Morgan fingerprint density at radius 1 is 1.33 bits per heavy atom. The molecule has 2 aromatic rings. The molecule has 0 saturated carbocycles. The summed E-state index contributed by atoms with van der Waals surface area (Å²) in [7, 11) is 2.03. The van der Waals surface area contributed by atoms with Gasteiger partial charge in [-0.2, -0.15) is 0 Å². The van der Waals surface area contributed by atoms with E-state index in [9.17, 15) is 0 Å². The summed E-state index contributed by atoms with van der Waals surface area (Å²) in [6.45, 7) is 4.11. The van der Waals surface area contributed by atoms with Gasteiger partial charge in [0.15, 0.2) is 0 Å². The van der Waals surface area contributed by atoms with Gasteiger partial charge in [0, 0.05) is 12.1 Å². The van der Waals surface area contributed by atoms with Crippen molar-refractivity contribution in [3.8, 4) is 5.75 Å². The lowest BCUT2D eigenvalue weighted by Crippen LogP contribution is -2.23. The molecule has 0 aliphatic carbocycles. The second kappa shape index (κ2) is 7.24. The van der Waals surface area contributed by atoms with Crippen LogP contribution in [0.4, 0.5) is 0 Å². The molecule has 112 valence electrons. The molecule has 1 aromatic heterocycles. The van der Waals surface area contributed by atoms with Gasteiger partial charge in [0.05, 0.1) is 6.54 Å². The number of rotatable bonds is 7. The highest BCUT2D eigenvalue weighted by Crippen LogP contribution is 2.13. The zero-order chi connectivity index (χ0) is 15.2. The standard InChI is InChI=1S/C16H20N2O2S/c1-12-6-7-15(20-12)11-18(2)8-9-19-14-5-3-4-13(10-14)16(17)21/h3-7,10H,8-9,11H2,1-2H3,(H2,17,21). The molecular formula is C16H20N2O2S. The van der Waals surface area contributed by atoms with Crippen LogP contribution in [0.15, 0.2) is 40.8 Å². The number of furan rings is 1. The monoisotopic (exact) mass is 304 g/mol. The van der Waals surface area contributed by atoms with Crippen LogP contribution in [0.2, 0.25) is 0 Å². The Balaban J connectivity index is 1.78. The predicted octanol–water partition coefficient (Wildman–Crippen LogP) is 2.73. The van der Waals surface area contributed by atoms with Crippen molar-refractivity contribution in [1.82, 2.24) is 4.90 Å². The average Bonchev–Trinajstić information content (AvgIpc) is 2.84. The van der Waals surface area contributed by atoms with E-state index in [2.05, 4.69) is 4.90 Å². The molecule has 0 fully saturated rings. The van der Waals surface area contributed by atoms with Crippen LogP contribution >= 0.6 is 12.2 Å². The van der Waals surface area contributed by atoms with E-state index in [0.717, 1.165) is 35.9 Å². The number of hydrogen-bond acceptors (Lipinski definition) is 4. The van der Waals surface area contributed by atoms with E-state index in [0.29, 0.717) is 11.6 Å². The first-order valence-electron chi connectivity index (χ1n) is 6.81. The Hall–Kier alpha value is -1.85. The number of nitrogens with two attached hydrogens (primary N) is 1. The third-order valence-corrected chi connectivity index (χ3v) is 3.32. The van der Waals surface area contributed by atoms with Gasteiger partial charge in [0.2, 0.25) is 0 Å². The van der Waals surface area contributed by atoms with Crippen LogP contribution in [0, 0.1) is 6.92 Å². The van der Waals surface area contributed by atoms with Crippen LogP contribution in [0.25, 0.3) is 0 Å².